The number of sulfonamides is 1. The Bertz CT molecular complexity index is 598. The zero-order valence-corrected chi connectivity index (χ0v) is 13.6. The maximum absolute atomic E-state index is 12.5. The Morgan fingerprint density at radius 3 is 2.62 bits per heavy atom. The molecule has 0 saturated heterocycles. The van der Waals surface area contributed by atoms with E-state index in [1.165, 1.54) is 26.0 Å². The van der Waals surface area contributed by atoms with E-state index in [0.717, 1.165) is 12.8 Å². The number of halogens is 1. The Morgan fingerprint density at radius 2 is 2.05 bits per heavy atom. The van der Waals surface area contributed by atoms with Gasteiger partial charge >= 0.3 is 0 Å². The van der Waals surface area contributed by atoms with Gasteiger partial charge in [-0.05, 0) is 30.9 Å². The third-order valence-corrected chi connectivity index (χ3v) is 5.49. The normalized spacial score (nSPS) is 16.3. The van der Waals surface area contributed by atoms with E-state index in [9.17, 15) is 8.42 Å². The van der Waals surface area contributed by atoms with Gasteiger partial charge in [0.15, 0.2) is 0 Å². The molecule has 21 heavy (non-hydrogen) atoms. The van der Waals surface area contributed by atoms with Crippen LogP contribution in [0.5, 0.6) is 5.75 Å². The first-order valence-electron chi connectivity index (χ1n) is 7.04. The number of benzene rings is 1. The van der Waals surface area contributed by atoms with E-state index < -0.39 is 10.0 Å². The molecule has 0 spiro atoms. The number of ether oxygens (including phenoxy) is 1. The fourth-order valence-corrected chi connectivity index (χ4v) is 4.38. The Morgan fingerprint density at radius 1 is 1.38 bits per heavy atom. The van der Waals surface area contributed by atoms with Crippen molar-refractivity contribution in [2.24, 2.45) is 11.7 Å². The molecule has 0 aromatic heterocycles. The highest BCUT2D eigenvalue weighted by Crippen LogP contribution is 2.32. The maximum Gasteiger partial charge on any atom is 0.244 e. The molecule has 0 radical (unpaired) electrons. The number of nitrogens with one attached hydrogen (secondary N) is 1. The van der Waals surface area contributed by atoms with Gasteiger partial charge in [-0.3, -0.25) is 0 Å². The van der Waals surface area contributed by atoms with Crippen LogP contribution >= 0.6 is 11.6 Å². The Hall–Kier alpha value is -0.820. The molecule has 5 nitrogen and oxygen atoms in total. The van der Waals surface area contributed by atoms with Crippen LogP contribution in [-0.2, 0) is 16.6 Å². The number of hydrogen-bond donors (Lipinski definition) is 2. The average molecular weight is 333 g/mol. The van der Waals surface area contributed by atoms with Crippen LogP contribution in [0.15, 0.2) is 17.0 Å². The van der Waals surface area contributed by atoms with Gasteiger partial charge in [0.25, 0.3) is 0 Å². The number of nitrogens with two attached hydrogens (primary N) is 1. The van der Waals surface area contributed by atoms with Crippen molar-refractivity contribution in [3.8, 4) is 5.75 Å². The smallest absolute Gasteiger partial charge is 0.244 e. The summed E-state index contributed by atoms with van der Waals surface area (Å²) in [6.45, 7) is 0.616. The van der Waals surface area contributed by atoms with Gasteiger partial charge in [0.05, 0.1) is 7.11 Å². The van der Waals surface area contributed by atoms with Crippen LogP contribution in [0, 0.1) is 5.92 Å². The molecule has 1 aromatic rings. The summed E-state index contributed by atoms with van der Waals surface area (Å²) in [6, 6.07) is 3.02. The summed E-state index contributed by atoms with van der Waals surface area (Å²) in [6.07, 6.45) is 4.49. The van der Waals surface area contributed by atoms with Gasteiger partial charge in [-0.1, -0.05) is 24.4 Å². The third kappa shape index (κ3) is 3.88. The molecule has 1 aliphatic carbocycles. The zero-order valence-electron chi connectivity index (χ0n) is 12.1. The van der Waals surface area contributed by atoms with Crippen molar-refractivity contribution in [1.29, 1.82) is 0 Å². The van der Waals surface area contributed by atoms with Crippen molar-refractivity contribution in [3.05, 3.63) is 22.7 Å². The molecular weight excluding hydrogens is 312 g/mol. The van der Waals surface area contributed by atoms with Crippen LogP contribution in [0.3, 0.4) is 0 Å². The lowest BCUT2D eigenvalue weighted by molar-refractivity contribution is 0.397. The van der Waals surface area contributed by atoms with Crippen molar-refractivity contribution < 1.29 is 13.2 Å². The molecule has 3 N–H and O–H groups in total. The summed E-state index contributed by atoms with van der Waals surface area (Å²) in [4.78, 5) is 0.0518. The lowest BCUT2D eigenvalue weighted by Crippen LogP contribution is -2.29. The molecule has 1 aliphatic rings. The summed E-state index contributed by atoms with van der Waals surface area (Å²) in [7, 11) is -2.23. The molecule has 0 unspecified atom stereocenters. The third-order valence-electron chi connectivity index (χ3n) is 3.85. The topological polar surface area (TPSA) is 81.4 Å². The van der Waals surface area contributed by atoms with Gasteiger partial charge in [0.1, 0.15) is 10.6 Å². The minimum atomic E-state index is -3.66. The van der Waals surface area contributed by atoms with Crippen LogP contribution in [0.4, 0.5) is 0 Å². The molecule has 1 saturated carbocycles. The van der Waals surface area contributed by atoms with E-state index in [-0.39, 0.29) is 17.2 Å². The van der Waals surface area contributed by atoms with Gasteiger partial charge in [-0.15, -0.1) is 0 Å². The fourth-order valence-electron chi connectivity index (χ4n) is 2.73. The SMILES string of the molecule is COc1c(CN)cc(Cl)cc1S(=O)(=O)NCC1CCCC1. The van der Waals surface area contributed by atoms with E-state index in [0.29, 0.717) is 23.0 Å². The quantitative estimate of drug-likeness (QED) is 0.837. The predicted octanol–water partition coefficient (Wildman–Crippen LogP) is 2.28. The molecule has 0 amide bonds. The zero-order chi connectivity index (χ0) is 15.5. The number of rotatable bonds is 6. The summed E-state index contributed by atoms with van der Waals surface area (Å²) in [5.41, 5.74) is 6.20. The minimum Gasteiger partial charge on any atom is -0.495 e. The minimum absolute atomic E-state index is 0.0518. The first kappa shape index (κ1) is 16.5. The maximum atomic E-state index is 12.5. The largest absolute Gasteiger partial charge is 0.495 e. The average Bonchev–Trinajstić information content (AvgIpc) is 2.97. The Balaban J connectivity index is 2.27. The molecule has 0 atom stereocenters. The van der Waals surface area contributed by atoms with Gasteiger partial charge in [-0.25, -0.2) is 13.1 Å². The van der Waals surface area contributed by atoms with Crippen LogP contribution in [-0.4, -0.2) is 22.1 Å². The Labute approximate surface area is 130 Å². The molecular formula is C14H21ClN2O3S. The van der Waals surface area contributed by atoms with E-state index in [2.05, 4.69) is 4.72 Å². The predicted molar refractivity (Wildman–Crippen MR) is 83.0 cm³/mol. The number of hydrogen-bond acceptors (Lipinski definition) is 4. The molecule has 1 aromatic carbocycles. The molecule has 1 fully saturated rings. The standard InChI is InChI=1S/C14H21ClN2O3S/c1-20-14-11(8-16)6-12(15)7-13(14)21(18,19)17-9-10-4-2-3-5-10/h6-7,10,17H,2-5,8-9,16H2,1H3. The van der Waals surface area contributed by atoms with E-state index in [1.54, 1.807) is 6.07 Å². The second kappa shape index (κ2) is 6.96. The van der Waals surface area contributed by atoms with Crippen molar-refractivity contribution in [2.75, 3.05) is 13.7 Å². The van der Waals surface area contributed by atoms with Gasteiger partial charge < -0.3 is 10.5 Å². The fraction of sp³-hybridized carbons (Fsp3) is 0.571. The molecule has 7 heteroatoms. The van der Waals surface area contributed by atoms with Crippen molar-refractivity contribution >= 4 is 21.6 Å². The van der Waals surface area contributed by atoms with Gasteiger partial charge in [0.2, 0.25) is 10.0 Å². The van der Waals surface area contributed by atoms with Crippen LogP contribution < -0.4 is 15.2 Å². The van der Waals surface area contributed by atoms with Crippen molar-refractivity contribution in [3.63, 3.8) is 0 Å². The van der Waals surface area contributed by atoms with E-state index in [4.69, 9.17) is 22.1 Å². The van der Waals surface area contributed by atoms with Crippen molar-refractivity contribution in [2.45, 2.75) is 37.1 Å². The van der Waals surface area contributed by atoms with Crippen LogP contribution in [0.2, 0.25) is 5.02 Å². The van der Waals surface area contributed by atoms with Crippen LogP contribution in [0.25, 0.3) is 0 Å². The Kier molecular flexibility index (Phi) is 5.48. The monoisotopic (exact) mass is 332 g/mol. The molecule has 2 rings (SSSR count). The van der Waals surface area contributed by atoms with E-state index >= 15 is 0 Å². The highest BCUT2D eigenvalue weighted by atomic mass is 35.5. The van der Waals surface area contributed by atoms with Gasteiger partial charge in [-0.2, -0.15) is 0 Å². The summed E-state index contributed by atoms with van der Waals surface area (Å²) in [5, 5.41) is 0.331. The van der Waals surface area contributed by atoms with Crippen LogP contribution in [0.1, 0.15) is 31.2 Å². The van der Waals surface area contributed by atoms with Gasteiger partial charge in [0, 0.05) is 23.7 Å². The van der Waals surface area contributed by atoms with E-state index in [1.807, 2.05) is 0 Å². The second-order valence-corrected chi connectivity index (χ2v) is 7.47. The number of methoxy groups -OCH3 is 1. The lowest BCUT2D eigenvalue weighted by atomic mass is 10.1. The summed E-state index contributed by atoms with van der Waals surface area (Å²) < 4.78 is 32.9. The summed E-state index contributed by atoms with van der Waals surface area (Å²) >= 11 is 5.99. The summed E-state index contributed by atoms with van der Waals surface area (Å²) in [5.74, 6) is 0.680. The molecule has 0 bridgehead atoms. The first-order chi connectivity index (χ1) is 9.97. The molecule has 0 heterocycles. The lowest BCUT2D eigenvalue weighted by Gasteiger charge is -2.16. The first-order valence-corrected chi connectivity index (χ1v) is 8.90. The molecule has 118 valence electrons. The highest BCUT2D eigenvalue weighted by molar-refractivity contribution is 7.89. The highest BCUT2D eigenvalue weighted by Gasteiger charge is 2.24. The second-order valence-electron chi connectivity index (χ2n) is 5.30. The molecule has 0 aliphatic heterocycles. The van der Waals surface area contributed by atoms with Crippen molar-refractivity contribution in [1.82, 2.24) is 4.72 Å².